The summed E-state index contributed by atoms with van der Waals surface area (Å²) in [5.74, 6) is 0.925. The molecule has 1 amide bonds. The van der Waals surface area contributed by atoms with Crippen molar-refractivity contribution in [3.8, 4) is 11.3 Å². The van der Waals surface area contributed by atoms with Crippen LogP contribution >= 0.6 is 11.6 Å². The van der Waals surface area contributed by atoms with Crippen LogP contribution in [0.15, 0.2) is 73.1 Å². The molecule has 0 spiro atoms. The van der Waals surface area contributed by atoms with E-state index in [-0.39, 0.29) is 11.8 Å². The van der Waals surface area contributed by atoms with Crippen molar-refractivity contribution < 1.29 is 4.79 Å². The number of nitrogens with one attached hydrogen (secondary N) is 1. The van der Waals surface area contributed by atoms with Gasteiger partial charge in [-0.05, 0) is 37.1 Å². The normalized spacial score (nSPS) is 14.7. The minimum atomic E-state index is -0.0280. The topological polar surface area (TPSA) is 62.5 Å². The molecular formula is C24H22ClN5O. The number of amides is 1. The van der Waals surface area contributed by atoms with Crippen molar-refractivity contribution in [1.82, 2.24) is 14.6 Å². The molecule has 5 rings (SSSR count). The number of aromatic nitrogens is 3. The molecule has 1 N–H and O–H groups in total. The van der Waals surface area contributed by atoms with Gasteiger partial charge in [-0.2, -0.15) is 5.10 Å². The van der Waals surface area contributed by atoms with Gasteiger partial charge in [-0.1, -0.05) is 48.0 Å². The maximum atomic E-state index is 12.7. The first-order chi connectivity index (χ1) is 15.2. The number of benzene rings is 2. The molecule has 3 heterocycles. The lowest BCUT2D eigenvalue weighted by atomic mass is 9.95. The molecule has 4 aromatic rings. The van der Waals surface area contributed by atoms with Crippen molar-refractivity contribution >= 4 is 34.5 Å². The Bertz CT molecular complexity index is 1220. The highest BCUT2D eigenvalue weighted by atomic mass is 35.5. The van der Waals surface area contributed by atoms with Crippen LogP contribution in [0.25, 0.3) is 16.8 Å². The second-order valence-corrected chi connectivity index (χ2v) is 8.17. The standard InChI is InChI=1S/C24H22ClN5O/c25-19-7-4-8-20(15-19)27-24(31)18-9-12-29(13-10-18)23-22-16-21(17-5-2-1-3-6-17)28-30(22)14-11-26-23/h1-8,11,14-16,18H,9-10,12-13H2,(H,27,31). The van der Waals surface area contributed by atoms with Gasteiger partial charge in [-0.3, -0.25) is 4.79 Å². The number of carbonyl (C=O) groups excluding carboxylic acids is 1. The van der Waals surface area contributed by atoms with Crippen molar-refractivity contribution in [3.05, 3.63) is 78.1 Å². The third-order valence-corrected chi connectivity index (χ3v) is 5.93. The van der Waals surface area contributed by atoms with Crippen LogP contribution in [-0.4, -0.2) is 33.6 Å². The molecule has 0 aliphatic carbocycles. The van der Waals surface area contributed by atoms with E-state index in [0.29, 0.717) is 5.02 Å². The lowest BCUT2D eigenvalue weighted by Gasteiger charge is -2.32. The molecule has 6 nitrogen and oxygen atoms in total. The first kappa shape index (κ1) is 19.6. The molecule has 1 fully saturated rings. The van der Waals surface area contributed by atoms with E-state index < -0.39 is 0 Å². The number of hydrogen-bond donors (Lipinski definition) is 1. The molecule has 7 heteroatoms. The van der Waals surface area contributed by atoms with Crippen LogP contribution in [-0.2, 0) is 4.79 Å². The van der Waals surface area contributed by atoms with Crippen molar-refractivity contribution in [2.75, 3.05) is 23.3 Å². The van der Waals surface area contributed by atoms with E-state index in [1.165, 1.54) is 0 Å². The van der Waals surface area contributed by atoms with E-state index in [9.17, 15) is 4.79 Å². The Hall–Kier alpha value is -3.38. The molecule has 2 aromatic heterocycles. The molecule has 2 aromatic carbocycles. The van der Waals surface area contributed by atoms with Crippen molar-refractivity contribution in [2.24, 2.45) is 5.92 Å². The smallest absolute Gasteiger partial charge is 0.227 e. The zero-order valence-corrected chi connectivity index (χ0v) is 17.7. The van der Waals surface area contributed by atoms with Gasteiger partial charge in [0, 0.05) is 47.7 Å². The van der Waals surface area contributed by atoms with E-state index in [1.807, 2.05) is 41.0 Å². The molecule has 0 saturated carbocycles. The van der Waals surface area contributed by atoms with Gasteiger partial charge in [0.1, 0.15) is 5.52 Å². The molecule has 0 atom stereocenters. The Balaban J connectivity index is 1.30. The fourth-order valence-electron chi connectivity index (χ4n) is 4.07. The highest BCUT2D eigenvalue weighted by molar-refractivity contribution is 6.30. The summed E-state index contributed by atoms with van der Waals surface area (Å²) < 4.78 is 1.88. The minimum Gasteiger partial charge on any atom is -0.355 e. The van der Waals surface area contributed by atoms with Gasteiger partial charge in [0.05, 0.1) is 5.69 Å². The SMILES string of the molecule is O=C(Nc1cccc(Cl)c1)C1CCN(c2nccn3nc(-c4ccccc4)cc23)CC1. The quantitative estimate of drug-likeness (QED) is 0.499. The predicted molar refractivity (Wildman–Crippen MR) is 123 cm³/mol. The van der Waals surface area contributed by atoms with Crippen LogP contribution in [0.3, 0.4) is 0 Å². The lowest BCUT2D eigenvalue weighted by Crippen LogP contribution is -2.38. The maximum Gasteiger partial charge on any atom is 0.227 e. The summed E-state index contributed by atoms with van der Waals surface area (Å²) in [5.41, 5.74) is 3.71. The monoisotopic (exact) mass is 431 g/mol. The average molecular weight is 432 g/mol. The summed E-state index contributed by atoms with van der Waals surface area (Å²) in [4.78, 5) is 19.6. The Kier molecular flexibility index (Phi) is 5.30. The van der Waals surface area contributed by atoms with Crippen LogP contribution in [0.2, 0.25) is 5.02 Å². The summed E-state index contributed by atoms with van der Waals surface area (Å²) in [5, 5.41) is 8.31. The van der Waals surface area contributed by atoms with Gasteiger partial charge in [0.2, 0.25) is 5.91 Å². The number of carbonyl (C=O) groups is 1. The van der Waals surface area contributed by atoms with Crippen molar-refractivity contribution in [3.63, 3.8) is 0 Å². The van der Waals surface area contributed by atoms with E-state index in [2.05, 4.69) is 33.4 Å². The molecule has 1 aliphatic heterocycles. The summed E-state index contributed by atoms with van der Waals surface area (Å²) in [6.07, 6.45) is 5.20. The predicted octanol–water partition coefficient (Wildman–Crippen LogP) is 4.90. The zero-order valence-electron chi connectivity index (χ0n) is 16.9. The molecule has 156 valence electrons. The van der Waals surface area contributed by atoms with Gasteiger partial charge < -0.3 is 10.2 Å². The number of nitrogens with zero attached hydrogens (tertiary/aromatic N) is 4. The Morgan fingerprint density at radius 2 is 1.84 bits per heavy atom. The van der Waals surface area contributed by atoms with Gasteiger partial charge in [0.15, 0.2) is 5.82 Å². The van der Waals surface area contributed by atoms with Crippen LogP contribution in [0.5, 0.6) is 0 Å². The number of anilines is 2. The largest absolute Gasteiger partial charge is 0.355 e. The Morgan fingerprint density at radius 1 is 1.03 bits per heavy atom. The van der Waals surface area contributed by atoms with E-state index >= 15 is 0 Å². The number of rotatable bonds is 4. The molecule has 1 aliphatic rings. The van der Waals surface area contributed by atoms with Crippen molar-refractivity contribution in [2.45, 2.75) is 12.8 Å². The fraction of sp³-hybridized carbons (Fsp3) is 0.208. The first-order valence-electron chi connectivity index (χ1n) is 10.4. The van der Waals surface area contributed by atoms with Gasteiger partial charge in [0.25, 0.3) is 0 Å². The molecule has 31 heavy (non-hydrogen) atoms. The van der Waals surface area contributed by atoms with Crippen molar-refractivity contribution in [1.29, 1.82) is 0 Å². The number of fused-ring (bicyclic) bond motifs is 1. The Labute approximate surface area is 185 Å². The molecule has 0 bridgehead atoms. The maximum absolute atomic E-state index is 12.7. The van der Waals surface area contributed by atoms with E-state index in [0.717, 1.165) is 54.2 Å². The van der Waals surface area contributed by atoms with Gasteiger partial charge in [-0.15, -0.1) is 0 Å². The lowest BCUT2D eigenvalue weighted by molar-refractivity contribution is -0.120. The first-order valence-corrected chi connectivity index (χ1v) is 10.8. The summed E-state index contributed by atoms with van der Waals surface area (Å²) in [6, 6.07) is 19.5. The average Bonchev–Trinajstić information content (AvgIpc) is 3.24. The molecule has 1 saturated heterocycles. The molecular weight excluding hydrogens is 410 g/mol. The van der Waals surface area contributed by atoms with Gasteiger partial charge in [-0.25, -0.2) is 9.50 Å². The second kappa shape index (κ2) is 8.40. The van der Waals surface area contributed by atoms with E-state index in [4.69, 9.17) is 16.7 Å². The van der Waals surface area contributed by atoms with Gasteiger partial charge >= 0.3 is 0 Å². The molecule has 0 radical (unpaired) electrons. The number of halogens is 1. The van der Waals surface area contributed by atoms with Crippen LogP contribution in [0.4, 0.5) is 11.5 Å². The highest BCUT2D eigenvalue weighted by Crippen LogP contribution is 2.29. The van der Waals surface area contributed by atoms with Crippen LogP contribution < -0.4 is 10.2 Å². The molecule has 0 unspecified atom stereocenters. The summed E-state index contributed by atoms with van der Waals surface area (Å²) in [7, 11) is 0. The summed E-state index contributed by atoms with van der Waals surface area (Å²) >= 11 is 6.02. The highest BCUT2D eigenvalue weighted by Gasteiger charge is 2.27. The second-order valence-electron chi connectivity index (χ2n) is 7.74. The van der Waals surface area contributed by atoms with Crippen LogP contribution in [0, 0.1) is 5.92 Å². The summed E-state index contributed by atoms with van der Waals surface area (Å²) in [6.45, 7) is 1.54. The third-order valence-electron chi connectivity index (χ3n) is 5.70. The zero-order chi connectivity index (χ0) is 21.2. The number of hydrogen-bond acceptors (Lipinski definition) is 4. The Morgan fingerprint density at radius 3 is 2.61 bits per heavy atom. The fourth-order valence-corrected chi connectivity index (χ4v) is 4.26. The minimum absolute atomic E-state index is 0.0280. The number of piperidine rings is 1. The van der Waals surface area contributed by atoms with Crippen LogP contribution in [0.1, 0.15) is 12.8 Å². The third kappa shape index (κ3) is 4.11. The van der Waals surface area contributed by atoms with E-state index in [1.54, 1.807) is 18.3 Å².